The number of halogens is 1. The zero-order valence-electron chi connectivity index (χ0n) is 12.5. The van der Waals surface area contributed by atoms with Crippen molar-refractivity contribution in [3.63, 3.8) is 0 Å². The summed E-state index contributed by atoms with van der Waals surface area (Å²) in [6.45, 7) is 5.88. The third-order valence-corrected chi connectivity index (χ3v) is 4.67. The van der Waals surface area contributed by atoms with E-state index in [1.54, 1.807) is 36.6 Å². The molecule has 2 aromatic rings. The van der Waals surface area contributed by atoms with E-state index in [4.69, 9.17) is 11.6 Å². The van der Waals surface area contributed by atoms with E-state index in [9.17, 15) is 4.79 Å². The van der Waals surface area contributed by atoms with Crippen LogP contribution in [0.3, 0.4) is 0 Å². The molecule has 0 bridgehead atoms. The molecule has 2 rings (SSSR count). The SMILES string of the molecule is CNc1ccc(Cl)cc1C(=O)NC(C)c1sc(C)nc1C. The summed E-state index contributed by atoms with van der Waals surface area (Å²) in [5, 5.41) is 7.55. The topological polar surface area (TPSA) is 54.0 Å². The Morgan fingerprint density at radius 2 is 2.10 bits per heavy atom. The Labute approximate surface area is 133 Å². The Morgan fingerprint density at radius 1 is 1.38 bits per heavy atom. The second kappa shape index (κ2) is 6.45. The van der Waals surface area contributed by atoms with Gasteiger partial charge in [0.15, 0.2) is 0 Å². The summed E-state index contributed by atoms with van der Waals surface area (Å²) in [5.41, 5.74) is 2.25. The van der Waals surface area contributed by atoms with Gasteiger partial charge in [0.2, 0.25) is 0 Å². The minimum Gasteiger partial charge on any atom is -0.387 e. The van der Waals surface area contributed by atoms with Crippen LogP contribution in [0.5, 0.6) is 0 Å². The van der Waals surface area contributed by atoms with Gasteiger partial charge in [-0.25, -0.2) is 4.98 Å². The van der Waals surface area contributed by atoms with E-state index >= 15 is 0 Å². The predicted octanol–water partition coefficient (Wildman–Crippen LogP) is 3.95. The number of nitrogens with zero attached hydrogens (tertiary/aromatic N) is 1. The van der Waals surface area contributed by atoms with Gasteiger partial charge in [-0.2, -0.15) is 0 Å². The summed E-state index contributed by atoms with van der Waals surface area (Å²) in [7, 11) is 1.78. The van der Waals surface area contributed by atoms with Crippen molar-refractivity contribution in [3.8, 4) is 0 Å². The highest BCUT2D eigenvalue weighted by molar-refractivity contribution is 7.11. The Balaban J connectivity index is 2.22. The number of thiazole rings is 1. The fourth-order valence-corrected chi connectivity index (χ4v) is 3.31. The van der Waals surface area contributed by atoms with Crippen molar-refractivity contribution in [2.75, 3.05) is 12.4 Å². The molecule has 0 saturated heterocycles. The number of nitrogens with one attached hydrogen (secondary N) is 2. The van der Waals surface area contributed by atoms with E-state index in [1.807, 2.05) is 20.8 Å². The number of carbonyl (C=O) groups excluding carboxylic acids is 1. The molecule has 0 aliphatic carbocycles. The number of benzene rings is 1. The molecule has 4 nitrogen and oxygen atoms in total. The van der Waals surface area contributed by atoms with Crippen LogP contribution in [0, 0.1) is 13.8 Å². The first kappa shape index (κ1) is 15.8. The number of anilines is 1. The van der Waals surface area contributed by atoms with Gasteiger partial charge in [-0.1, -0.05) is 11.6 Å². The van der Waals surface area contributed by atoms with Crippen LogP contribution >= 0.6 is 22.9 Å². The first-order chi connectivity index (χ1) is 9.92. The maximum atomic E-state index is 12.5. The van der Waals surface area contributed by atoms with E-state index in [0.29, 0.717) is 10.6 Å². The lowest BCUT2D eigenvalue weighted by Crippen LogP contribution is -2.27. The second-order valence-corrected chi connectivity index (χ2v) is 6.49. The van der Waals surface area contributed by atoms with Crippen molar-refractivity contribution in [2.24, 2.45) is 0 Å². The van der Waals surface area contributed by atoms with Gasteiger partial charge < -0.3 is 10.6 Å². The van der Waals surface area contributed by atoms with Gasteiger partial charge in [-0.3, -0.25) is 4.79 Å². The summed E-state index contributed by atoms with van der Waals surface area (Å²) in [5.74, 6) is -0.153. The smallest absolute Gasteiger partial charge is 0.253 e. The second-order valence-electron chi connectivity index (χ2n) is 4.82. The molecule has 1 aromatic heterocycles. The maximum absolute atomic E-state index is 12.5. The van der Waals surface area contributed by atoms with Crippen LogP contribution in [-0.2, 0) is 0 Å². The largest absolute Gasteiger partial charge is 0.387 e. The van der Waals surface area contributed by atoms with E-state index in [-0.39, 0.29) is 11.9 Å². The number of hydrogen-bond acceptors (Lipinski definition) is 4. The molecule has 0 saturated carbocycles. The number of aryl methyl sites for hydroxylation is 2. The van der Waals surface area contributed by atoms with Crippen LogP contribution in [0.25, 0.3) is 0 Å². The van der Waals surface area contributed by atoms with E-state index in [0.717, 1.165) is 21.3 Å². The summed E-state index contributed by atoms with van der Waals surface area (Å²) in [4.78, 5) is 17.9. The van der Waals surface area contributed by atoms with Crippen LogP contribution in [0.2, 0.25) is 5.02 Å². The van der Waals surface area contributed by atoms with Crippen LogP contribution in [0.1, 0.15) is 38.9 Å². The van der Waals surface area contributed by atoms with Gasteiger partial charge in [-0.15, -0.1) is 11.3 Å². The molecule has 1 heterocycles. The number of carbonyl (C=O) groups is 1. The van der Waals surface area contributed by atoms with Gasteiger partial charge in [0.25, 0.3) is 5.91 Å². The number of amides is 1. The summed E-state index contributed by atoms with van der Waals surface area (Å²) >= 11 is 7.59. The van der Waals surface area contributed by atoms with Gasteiger partial charge in [-0.05, 0) is 39.0 Å². The molecule has 0 aliphatic rings. The summed E-state index contributed by atoms with van der Waals surface area (Å²) in [6, 6.07) is 5.13. The normalized spacial score (nSPS) is 12.0. The lowest BCUT2D eigenvalue weighted by atomic mass is 10.1. The van der Waals surface area contributed by atoms with Crippen molar-refractivity contribution < 1.29 is 4.79 Å². The fourth-order valence-electron chi connectivity index (χ4n) is 2.21. The van der Waals surface area contributed by atoms with Gasteiger partial charge in [0.1, 0.15) is 0 Å². The number of aromatic nitrogens is 1. The highest BCUT2D eigenvalue weighted by Gasteiger charge is 2.18. The van der Waals surface area contributed by atoms with Crippen LogP contribution < -0.4 is 10.6 Å². The molecule has 0 spiro atoms. The average molecular weight is 324 g/mol. The van der Waals surface area contributed by atoms with Crippen molar-refractivity contribution >= 4 is 34.5 Å². The van der Waals surface area contributed by atoms with E-state index in [1.165, 1.54) is 0 Å². The molecule has 1 atom stereocenters. The standard InChI is InChI=1S/C15H18ClN3OS/c1-8-14(21-10(3)18-8)9(2)19-15(20)12-7-11(16)5-6-13(12)17-4/h5-7,9,17H,1-4H3,(H,19,20). The molecular formula is C15H18ClN3OS. The fraction of sp³-hybridized carbons (Fsp3) is 0.333. The molecule has 2 N–H and O–H groups in total. The monoisotopic (exact) mass is 323 g/mol. The van der Waals surface area contributed by atoms with Gasteiger partial charge in [0.05, 0.1) is 22.3 Å². The van der Waals surface area contributed by atoms with Gasteiger partial charge in [0, 0.05) is 22.6 Å². The molecule has 112 valence electrons. The zero-order valence-corrected chi connectivity index (χ0v) is 14.0. The molecule has 1 unspecified atom stereocenters. The third-order valence-electron chi connectivity index (χ3n) is 3.18. The lowest BCUT2D eigenvalue weighted by molar-refractivity contribution is 0.0941. The molecule has 21 heavy (non-hydrogen) atoms. The molecular weight excluding hydrogens is 306 g/mol. The minimum absolute atomic E-state index is 0.0904. The highest BCUT2D eigenvalue weighted by atomic mass is 35.5. The quantitative estimate of drug-likeness (QED) is 0.896. The van der Waals surface area contributed by atoms with Crippen molar-refractivity contribution in [1.82, 2.24) is 10.3 Å². The first-order valence-electron chi connectivity index (χ1n) is 6.64. The van der Waals surface area contributed by atoms with Crippen molar-refractivity contribution in [1.29, 1.82) is 0 Å². The Kier molecular flexibility index (Phi) is 4.85. The van der Waals surface area contributed by atoms with Crippen LogP contribution in [0.4, 0.5) is 5.69 Å². The molecule has 0 fully saturated rings. The average Bonchev–Trinajstić information content (AvgIpc) is 2.77. The zero-order chi connectivity index (χ0) is 15.6. The van der Waals surface area contributed by atoms with Gasteiger partial charge >= 0.3 is 0 Å². The first-order valence-corrected chi connectivity index (χ1v) is 7.84. The lowest BCUT2D eigenvalue weighted by Gasteiger charge is -2.15. The van der Waals surface area contributed by atoms with E-state index in [2.05, 4.69) is 15.6 Å². The summed E-state index contributed by atoms with van der Waals surface area (Å²) < 4.78 is 0. The molecule has 6 heteroatoms. The highest BCUT2D eigenvalue weighted by Crippen LogP contribution is 2.26. The van der Waals surface area contributed by atoms with Crippen molar-refractivity contribution in [3.05, 3.63) is 44.4 Å². The Hall–Kier alpha value is -1.59. The van der Waals surface area contributed by atoms with Crippen molar-refractivity contribution in [2.45, 2.75) is 26.8 Å². The predicted molar refractivity (Wildman–Crippen MR) is 88.5 cm³/mol. The molecule has 1 aromatic carbocycles. The maximum Gasteiger partial charge on any atom is 0.253 e. The number of rotatable bonds is 4. The minimum atomic E-state index is -0.153. The third kappa shape index (κ3) is 3.54. The Morgan fingerprint density at radius 3 is 2.67 bits per heavy atom. The van der Waals surface area contributed by atoms with Crippen LogP contribution in [-0.4, -0.2) is 17.9 Å². The molecule has 0 radical (unpaired) electrons. The van der Waals surface area contributed by atoms with Crippen LogP contribution in [0.15, 0.2) is 18.2 Å². The summed E-state index contributed by atoms with van der Waals surface area (Å²) in [6.07, 6.45) is 0. The number of hydrogen-bond donors (Lipinski definition) is 2. The Bertz CT molecular complexity index is 669. The molecule has 0 aliphatic heterocycles. The van der Waals surface area contributed by atoms with E-state index < -0.39 is 0 Å². The molecule has 1 amide bonds.